The van der Waals surface area contributed by atoms with Crippen molar-refractivity contribution in [2.75, 3.05) is 32.5 Å². The molecule has 0 aromatic heterocycles. The molecular formula is C21H20ClNO7. The Morgan fingerprint density at radius 2 is 1.80 bits per heavy atom. The van der Waals surface area contributed by atoms with Crippen LogP contribution in [0, 0.1) is 0 Å². The molecule has 0 fully saturated rings. The van der Waals surface area contributed by atoms with Gasteiger partial charge in [-0.2, -0.15) is 0 Å². The van der Waals surface area contributed by atoms with Crippen LogP contribution in [0.25, 0.3) is 0 Å². The summed E-state index contributed by atoms with van der Waals surface area (Å²) in [4.78, 5) is 26.0. The third kappa shape index (κ3) is 4.56. The smallest absolute Gasteiger partial charge is 0.355 e. The first-order valence-electron chi connectivity index (χ1n) is 8.90. The summed E-state index contributed by atoms with van der Waals surface area (Å²) in [5, 5.41) is 10.4. The number of ether oxygens (including phenoxy) is 4. The number of aliphatic hydroxyl groups excluding tert-OH is 1. The number of rotatable bonds is 6. The van der Waals surface area contributed by atoms with Crippen LogP contribution in [0.5, 0.6) is 11.5 Å². The van der Waals surface area contributed by atoms with Crippen molar-refractivity contribution in [1.29, 1.82) is 0 Å². The molecule has 0 radical (unpaired) electrons. The summed E-state index contributed by atoms with van der Waals surface area (Å²) in [6.45, 7) is -0.391. The van der Waals surface area contributed by atoms with Crippen molar-refractivity contribution in [1.82, 2.24) is 0 Å². The molecule has 1 heterocycles. The van der Waals surface area contributed by atoms with Crippen molar-refractivity contribution < 1.29 is 33.6 Å². The molecule has 0 bridgehead atoms. The Hall–Kier alpha value is -3.07. The maximum absolute atomic E-state index is 12.4. The van der Waals surface area contributed by atoms with E-state index in [1.807, 2.05) is 0 Å². The average molecular weight is 434 g/mol. The molecule has 158 valence electrons. The van der Waals surface area contributed by atoms with E-state index in [2.05, 4.69) is 0 Å². The van der Waals surface area contributed by atoms with E-state index < -0.39 is 11.9 Å². The largest absolute Gasteiger partial charge is 0.466 e. The van der Waals surface area contributed by atoms with E-state index in [0.29, 0.717) is 27.8 Å². The van der Waals surface area contributed by atoms with Gasteiger partial charge in [0.2, 0.25) is 0 Å². The number of esters is 2. The van der Waals surface area contributed by atoms with Gasteiger partial charge in [-0.25, -0.2) is 9.59 Å². The number of anilines is 1. The minimum atomic E-state index is -0.703. The van der Waals surface area contributed by atoms with Crippen molar-refractivity contribution in [2.45, 2.75) is 6.61 Å². The van der Waals surface area contributed by atoms with Crippen molar-refractivity contribution in [3.05, 3.63) is 64.3 Å². The van der Waals surface area contributed by atoms with Gasteiger partial charge in [0.1, 0.15) is 23.9 Å². The van der Waals surface area contributed by atoms with Crippen LogP contribution < -0.4 is 9.64 Å². The molecule has 2 aromatic carbocycles. The number of methoxy groups -OCH3 is 2. The summed E-state index contributed by atoms with van der Waals surface area (Å²) in [6.07, 6.45) is 0. The molecule has 3 rings (SSSR count). The van der Waals surface area contributed by atoms with Gasteiger partial charge in [-0.3, -0.25) is 0 Å². The Labute approximate surface area is 178 Å². The van der Waals surface area contributed by atoms with Gasteiger partial charge >= 0.3 is 11.9 Å². The number of aliphatic hydroxyl groups is 1. The second kappa shape index (κ2) is 9.62. The van der Waals surface area contributed by atoms with Crippen LogP contribution in [0.15, 0.2) is 53.7 Å². The molecule has 0 saturated carbocycles. The van der Waals surface area contributed by atoms with E-state index in [1.54, 1.807) is 42.5 Å². The summed E-state index contributed by atoms with van der Waals surface area (Å²) in [5.41, 5.74) is 1.04. The van der Waals surface area contributed by atoms with Crippen molar-refractivity contribution >= 4 is 29.2 Å². The van der Waals surface area contributed by atoms with Crippen molar-refractivity contribution in [3.8, 4) is 11.5 Å². The highest BCUT2D eigenvalue weighted by molar-refractivity contribution is 6.30. The molecule has 1 N–H and O–H groups in total. The Morgan fingerprint density at radius 1 is 1.10 bits per heavy atom. The first kappa shape index (κ1) is 21.6. The Morgan fingerprint density at radius 3 is 2.43 bits per heavy atom. The molecule has 8 nitrogen and oxygen atoms in total. The van der Waals surface area contributed by atoms with Crippen LogP contribution in [0.3, 0.4) is 0 Å². The number of benzene rings is 2. The highest BCUT2D eigenvalue weighted by atomic mass is 35.5. The Kier molecular flexibility index (Phi) is 6.94. The molecule has 0 spiro atoms. The maximum Gasteiger partial charge on any atom is 0.355 e. The minimum absolute atomic E-state index is 0.00713. The van der Waals surface area contributed by atoms with E-state index in [9.17, 15) is 14.7 Å². The lowest BCUT2D eigenvalue weighted by Crippen LogP contribution is -2.38. The van der Waals surface area contributed by atoms with Crippen LogP contribution in [-0.2, 0) is 30.4 Å². The van der Waals surface area contributed by atoms with E-state index in [0.717, 1.165) is 0 Å². The van der Waals surface area contributed by atoms with Crippen LogP contribution >= 0.6 is 11.6 Å². The third-order valence-corrected chi connectivity index (χ3v) is 4.65. The standard InChI is InChI=1S/C21H20ClNO7/c1-27-20(25)17-11-29-12-23(19(17)21(26)28-2)15-5-8-18(13(9-15)10-24)30-16-6-3-14(22)4-7-16/h3-9,24H,10-12H2,1-2H3. The van der Waals surface area contributed by atoms with Gasteiger partial charge < -0.3 is 29.0 Å². The van der Waals surface area contributed by atoms with Gasteiger partial charge in [0.25, 0.3) is 0 Å². The minimum Gasteiger partial charge on any atom is -0.466 e. The number of halogens is 1. The summed E-state index contributed by atoms with van der Waals surface area (Å²) < 4.78 is 20.9. The van der Waals surface area contributed by atoms with Gasteiger partial charge in [0.05, 0.1) is 33.0 Å². The molecule has 0 unspecified atom stereocenters. The van der Waals surface area contributed by atoms with E-state index in [-0.39, 0.29) is 31.2 Å². The zero-order chi connectivity index (χ0) is 21.7. The molecule has 1 aliphatic heterocycles. The molecule has 0 atom stereocenters. The molecule has 1 aliphatic rings. The van der Waals surface area contributed by atoms with E-state index in [1.165, 1.54) is 19.1 Å². The molecule has 0 amide bonds. The van der Waals surface area contributed by atoms with E-state index in [4.69, 9.17) is 30.5 Å². The number of carbonyl (C=O) groups excluding carboxylic acids is 2. The van der Waals surface area contributed by atoms with Crippen molar-refractivity contribution in [3.63, 3.8) is 0 Å². The van der Waals surface area contributed by atoms with E-state index >= 15 is 0 Å². The lowest BCUT2D eigenvalue weighted by Gasteiger charge is -2.31. The molecule has 2 aromatic rings. The van der Waals surface area contributed by atoms with Crippen molar-refractivity contribution in [2.24, 2.45) is 0 Å². The molecule has 9 heteroatoms. The number of hydrogen-bond donors (Lipinski definition) is 1. The normalized spacial score (nSPS) is 13.8. The third-order valence-electron chi connectivity index (χ3n) is 4.40. The second-order valence-electron chi connectivity index (χ2n) is 6.22. The summed E-state index contributed by atoms with van der Waals surface area (Å²) in [5.74, 6) is -0.416. The summed E-state index contributed by atoms with van der Waals surface area (Å²) in [7, 11) is 2.44. The number of hydrogen-bond acceptors (Lipinski definition) is 8. The highest BCUT2D eigenvalue weighted by Crippen LogP contribution is 2.33. The molecule has 0 saturated heterocycles. The zero-order valence-electron chi connectivity index (χ0n) is 16.4. The first-order chi connectivity index (χ1) is 14.5. The highest BCUT2D eigenvalue weighted by Gasteiger charge is 2.32. The quantitative estimate of drug-likeness (QED) is 0.695. The molecule has 0 aliphatic carbocycles. The first-order valence-corrected chi connectivity index (χ1v) is 9.28. The maximum atomic E-state index is 12.4. The Balaban J connectivity index is 1.98. The van der Waals surface area contributed by atoms with Gasteiger partial charge in [-0.15, -0.1) is 0 Å². The van der Waals surface area contributed by atoms with Crippen LogP contribution in [-0.4, -0.2) is 44.6 Å². The fraction of sp³-hybridized carbons (Fsp3) is 0.238. The predicted octanol–water partition coefficient (Wildman–Crippen LogP) is 3.02. The van der Waals surface area contributed by atoms with Gasteiger partial charge in [-0.05, 0) is 42.5 Å². The summed E-state index contributed by atoms with van der Waals surface area (Å²) >= 11 is 5.89. The lowest BCUT2D eigenvalue weighted by molar-refractivity contribution is -0.140. The number of carbonyl (C=O) groups is 2. The molecule has 30 heavy (non-hydrogen) atoms. The lowest BCUT2D eigenvalue weighted by atomic mass is 10.1. The fourth-order valence-corrected chi connectivity index (χ4v) is 3.06. The molecular weight excluding hydrogens is 414 g/mol. The fourth-order valence-electron chi connectivity index (χ4n) is 2.93. The SMILES string of the molecule is COC(=O)C1=C(C(=O)OC)N(c2ccc(Oc3ccc(Cl)cc3)c(CO)c2)COC1. The monoisotopic (exact) mass is 433 g/mol. The predicted molar refractivity (Wildman–Crippen MR) is 108 cm³/mol. The van der Waals surface area contributed by atoms with Crippen LogP contribution in [0.1, 0.15) is 5.56 Å². The number of nitrogens with zero attached hydrogens (tertiary/aromatic N) is 1. The summed E-state index contributed by atoms with van der Waals surface area (Å²) in [6, 6.07) is 11.8. The Bertz CT molecular complexity index is 972. The van der Waals surface area contributed by atoms with Gasteiger partial charge in [0.15, 0.2) is 0 Å². The topological polar surface area (TPSA) is 94.5 Å². The zero-order valence-corrected chi connectivity index (χ0v) is 17.1. The average Bonchev–Trinajstić information content (AvgIpc) is 2.79. The van der Waals surface area contributed by atoms with Gasteiger partial charge in [-0.1, -0.05) is 11.6 Å². The van der Waals surface area contributed by atoms with Gasteiger partial charge in [0, 0.05) is 16.3 Å². The van der Waals surface area contributed by atoms with Crippen LogP contribution in [0.2, 0.25) is 5.02 Å². The second-order valence-corrected chi connectivity index (χ2v) is 6.66. The van der Waals surface area contributed by atoms with Crippen LogP contribution in [0.4, 0.5) is 5.69 Å².